The van der Waals surface area contributed by atoms with Crippen LogP contribution in [-0.2, 0) is 0 Å². The quantitative estimate of drug-likeness (QED) is 0.318. The first-order valence-electron chi connectivity index (χ1n) is 7.11. The third-order valence-electron chi connectivity index (χ3n) is 3.05. The van der Waals surface area contributed by atoms with Crippen molar-refractivity contribution in [1.29, 1.82) is 0 Å². The predicted octanol–water partition coefficient (Wildman–Crippen LogP) is 6.42. The van der Waals surface area contributed by atoms with Gasteiger partial charge in [-0.1, -0.05) is 29.0 Å². The zero-order valence-electron chi connectivity index (χ0n) is 13.0. The van der Waals surface area contributed by atoms with Crippen LogP contribution in [0.15, 0.2) is 57.1 Å². The van der Waals surface area contributed by atoms with E-state index in [1.54, 1.807) is 23.5 Å². The van der Waals surface area contributed by atoms with Crippen molar-refractivity contribution in [2.45, 2.75) is 13.8 Å². The van der Waals surface area contributed by atoms with Crippen LogP contribution in [0.4, 0.5) is 15.8 Å². The zero-order valence-corrected chi connectivity index (χ0v) is 15.4. The van der Waals surface area contributed by atoms with Crippen molar-refractivity contribution < 1.29 is 0 Å². The van der Waals surface area contributed by atoms with Crippen LogP contribution in [-0.4, -0.2) is 10.7 Å². The largest absolute Gasteiger partial charge is 0.252 e. The van der Waals surface area contributed by atoms with Gasteiger partial charge in [0.2, 0.25) is 5.13 Å². The van der Waals surface area contributed by atoms with Gasteiger partial charge in [0.05, 0.1) is 17.1 Å². The molecule has 0 bridgehead atoms. The lowest BCUT2D eigenvalue weighted by Gasteiger charge is -1.96. The monoisotopic (exact) mass is 375 g/mol. The van der Waals surface area contributed by atoms with Crippen molar-refractivity contribution in [2.24, 2.45) is 15.3 Å². The topological polar surface area (TPSA) is 62.0 Å². The van der Waals surface area contributed by atoms with Gasteiger partial charge in [-0.05, 0) is 49.6 Å². The Morgan fingerprint density at radius 1 is 1.17 bits per heavy atom. The molecule has 0 aliphatic rings. The average Bonchev–Trinajstić information content (AvgIpc) is 3.22. The molecule has 0 saturated heterocycles. The second-order valence-electron chi connectivity index (χ2n) is 4.87. The number of hydrogen-bond donors (Lipinski definition) is 1. The van der Waals surface area contributed by atoms with Gasteiger partial charge in [0.15, 0.2) is 5.00 Å². The maximum absolute atomic E-state index is 5.85. The summed E-state index contributed by atoms with van der Waals surface area (Å²) < 4.78 is 0. The van der Waals surface area contributed by atoms with Crippen LogP contribution in [0.3, 0.4) is 0 Å². The smallest absolute Gasteiger partial charge is 0.205 e. The first-order chi connectivity index (χ1) is 11.6. The third-order valence-corrected chi connectivity index (χ3v) is 5.23. The van der Waals surface area contributed by atoms with E-state index in [1.807, 2.05) is 43.5 Å². The minimum atomic E-state index is 0.674. The number of hydrazone groups is 1. The lowest BCUT2D eigenvalue weighted by molar-refractivity contribution is 1.18. The molecule has 0 saturated carbocycles. The van der Waals surface area contributed by atoms with E-state index in [4.69, 9.17) is 11.6 Å². The Morgan fingerprint density at radius 3 is 2.67 bits per heavy atom. The van der Waals surface area contributed by atoms with Crippen LogP contribution in [0.1, 0.15) is 17.5 Å². The summed E-state index contributed by atoms with van der Waals surface area (Å²) in [6.07, 6.45) is 0. The Bertz CT molecular complexity index is 867. The van der Waals surface area contributed by atoms with Gasteiger partial charge in [0.1, 0.15) is 0 Å². The van der Waals surface area contributed by atoms with Gasteiger partial charge in [-0.3, -0.25) is 5.43 Å². The molecule has 8 heteroatoms. The van der Waals surface area contributed by atoms with E-state index >= 15 is 0 Å². The van der Waals surface area contributed by atoms with Gasteiger partial charge in [-0.25, -0.2) is 4.98 Å². The maximum Gasteiger partial charge on any atom is 0.205 e. The first kappa shape index (κ1) is 16.8. The summed E-state index contributed by atoms with van der Waals surface area (Å²) in [6, 6.07) is 11.2. The first-order valence-corrected chi connectivity index (χ1v) is 9.18. The normalized spacial score (nSPS) is 12.0. The van der Waals surface area contributed by atoms with Crippen molar-refractivity contribution in [3.63, 3.8) is 0 Å². The summed E-state index contributed by atoms with van der Waals surface area (Å²) in [5.74, 6) is 0. The van der Waals surface area contributed by atoms with Crippen LogP contribution < -0.4 is 5.43 Å². The number of azo groups is 1. The van der Waals surface area contributed by atoms with Crippen molar-refractivity contribution in [2.75, 3.05) is 5.43 Å². The maximum atomic E-state index is 5.85. The second-order valence-corrected chi connectivity index (χ2v) is 7.23. The molecule has 0 unspecified atom stereocenters. The highest BCUT2D eigenvalue weighted by molar-refractivity contribution is 7.19. The number of hydrogen-bond acceptors (Lipinski definition) is 7. The number of aromatic nitrogens is 1. The SMILES string of the molecule is C/C(=N\Nc1nc(C)c(N=Nc2ccc(Cl)cc2)s1)c1cccs1. The van der Waals surface area contributed by atoms with Crippen LogP contribution in [0.2, 0.25) is 5.02 Å². The Balaban J connectivity index is 1.71. The molecule has 3 aromatic rings. The lowest BCUT2D eigenvalue weighted by atomic mass is 10.3. The van der Waals surface area contributed by atoms with E-state index < -0.39 is 0 Å². The van der Waals surface area contributed by atoms with Crippen LogP contribution >= 0.6 is 34.3 Å². The van der Waals surface area contributed by atoms with E-state index in [0.717, 1.165) is 27.0 Å². The molecule has 24 heavy (non-hydrogen) atoms. The summed E-state index contributed by atoms with van der Waals surface area (Å²) in [6.45, 7) is 3.86. The highest BCUT2D eigenvalue weighted by Crippen LogP contribution is 2.32. The number of thiazole rings is 1. The standard InChI is InChI=1S/C16H14ClN5S2/c1-10(14-4-3-9-23-14)19-22-16-18-11(2)15(24-16)21-20-13-7-5-12(17)6-8-13/h3-9H,1-2H3,(H,18,22)/b19-10+,21-20?. The number of aryl methyl sites for hydroxylation is 1. The molecule has 0 aliphatic heterocycles. The van der Waals surface area contributed by atoms with Crippen LogP contribution in [0.25, 0.3) is 0 Å². The number of thiophene rings is 1. The van der Waals surface area contributed by atoms with Gasteiger partial charge in [0.25, 0.3) is 0 Å². The number of benzene rings is 1. The number of rotatable bonds is 5. The van der Waals surface area contributed by atoms with E-state index in [0.29, 0.717) is 10.2 Å². The minimum absolute atomic E-state index is 0.674. The zero-order chi connectivity index (χ0) is 16.9. The molecule has 2 heterocycles. The molecule has 0 fully saturated rings. The van der Waals surface area contributed by atoms with Crippen molar-refractivity contribution in [3.8, 4) is 0 Å². The summed E-state index contributed by atoms with van der Waals surface area (Å²) in [4.78, 5) is 5.54. The van der Waals surface area contributed by atoms with Gasteiger partial charge in [-0.15, -0.1) is 21.6 Å². The van der Waals surface area contributed by atoms with Gasteiger partial charge in [0, 0.05) is 9.90 Å². The Labute approximate surface area is 152 Å². The lowest BCUT2D eigenvalue weighted by Crippen LogP contribution is -1.96. The van der Waals surface area contributed by atoms with Gasteiger partial charge in [-0.2, -0.15) is 5.10 Å². The summed E-state index contributed by atoms with van der Waals surface area (Å²) >= 11 is 8.91. The summed E-state index contributed by atoms with van der Waals surface area (Å²) in [5, 5.41) is 16.9. The molecular formula is C16H14ClN5S2. The molecule has 0 aliphatic carbocycles. The van der Waals surface area contributed by atoms with E-state index in [9.17, 15) is 0 Å². The minimum Gasteiger partial charge on any atom is -0.252 e. The molecule has 0 spiro atoms. The number of nitrogens with one attached hydrogen (secondary N) is 1. The van der Waals surface area contributed by atoms with E-state index in [-0.39, 0.29) is 0 Å². The molecule has 3 rings (SSSR count). The fourth-order valence-electron chi connectivity index (χ4n) is 1.81. The highest BCUT2D eigenvalue weighted by Gasteiger charge is 2.07. The summed E-state index contributed by atoms with van der Waals surface area (Å²) in [5.41, 5.74) is 5.45. The molecular weight excluding hydrogens is 362 g/mol. The predicted molar refractivity (Wildman–Crippen MR) is 103 cm³/mol. The van der Waals surface area contributed by atoms with Crippen LogP contribution in [0.5, 0.6) is 0 Å². The number of nitrogens with zero attached hydrogens (tertiary/aromatic N) is 4. The van der Waals surface area contributed by atoms with E-state index in [2.05, 4.69) is 25.7 Å². The molecule has 0 amide bonds. The summed E-state index contributed by atoms with van der Waals surface area (Å²) in [7, 11) is 0. The number of halogens is 1. The van der Waals surface area contributed by atoms with Crippen LogP contribution in [0, 0.1) is 6.92 Å². The van der Waals surface area contributed by atoms with Crippen molar-refractivity contribution >= 4 is 55.8 Å². The van der Waals surface area contributed by atoms with Gasteiger partial charge < -0.3 is 0 Å². The second kappa shape index (κ2) is 7.65. The number of anilines is 1. The molecule has 1 N–H and O–H groups in total. The molecule has 0 atom stereocenters. The average molecular weight is 376 g/mol. The van der Waals surface area contributed by atoms with Gasteiger partial charge >= 0.3 is 0 Å². The fraction of sp³-hybridized carbons (Fsp3) is 0.125. The molecule has 1 aromatic carbocycles. The Morgan fingerprint density at radius 2 is 1.96 bits per heavy atom. The van der Waals surface area contributed by atoms with E-state index in [1.165, 1.54) is 11.3 Å². The van der Waals surface area contributed by atoms with Crippen molar-refractivity contribution in [3.05, 3.63) is 57.4 Å². The highest BCUT2D eigenvalue weighted by atomic mass is 35.5. The molecule has 5 nitrogen and oxygen atoms in total. The van der Waals surface area contributed by atoms with Crippen molar-refractivity contribution in [1.82, 2.24) is 4.98 Å². The molecule has 122 valence electrons. The molecule has 0 radical (unpaired) electrons. The fourth-order valence-corrected chi connectivity index (χ4v) is 3.35. The Kier molecular flexibility index (Phi) is 5.34. The molecule has 2 aromatic heterocycles. The third kappa shape index (κ3) is 4.25. The Hall–Kier alpha value is -2.09.